The molecule has 1 atom stereocenters. The van der Waals surface area contributed by atoms with Crippen LogP contribution in [0, 0.1) is 0 Å². The fourth-order valence-corrected chi connectivity index (χ4v) is 8.98. The lowest BCUT2D eigenvalue weighted by atomic mass is 10.0. The van der Waals surface area contributed by atoms with Gasteiger partial charge in [-0.05, 0) is 135 Å². The van der Waals surface area contributed by atoms with E-state index in [0.29, 0.717) is 18.9 Å². The Balaban J connectivity index is 4.40. The monoisotopic (exact) mass is 885 g/mol. The number of hydrogen-bond acceptors (Lipinski definition) is 4. The second-order valence-corrected chi connectivity index (χ2v) is 19.2. The number of nitrogens with two attached hydrogens (primary N) is 1. The molecule has 0 saturated heterocycles. The maximum absolute atomic E-state index is 10.6. The number of rotatable bonds is 53. The van der Waals surface area contributed by atoms with E-state index in [0.717, 1.165) is 51.5 Å². The average molecular weight is 886 g/mol. The summed E-state index contributed by atoms with van der Waals surface area (Å²) in [6.07, 6.45) is 68.4. The smallest absolute Gasteiger partial charge is 0.303 e. The minimum Gasteiger partial charge on any atom is -0.481 e. The van der Waals surface area contributed by atoms with Crippen molar-refractivity contribution in [3.8, 4) is 0 Å². The predicted octanol–water partition coefficient (Wildman–Crippen LogP) is 17.6. The molecule has 0 amide bonds. The van der Waals surface area contributed by atoms with Crippen molar-refractivity contribution in [1.82, 2.24) is 4.90 Å². The van der Waals surface area contributed by atoms with Crippen LogP contribution in [0.5, 0.6) is 0 Å². The molecular formula is C57H108N2O4. The number of carbonyl (C=O) groups is 2. The van der Waals surface area contributed by atoms with Crippen LogP contribution in [0.25, 0.3) is 0 Å². The van der Waals surface area contributed by atoms with Crippen LogP contribution in [0.15, 0.2) is 36.5 Å². The normalized spacial score (nSPS) is 12.6. The van der Waals surface area contributed by atoms with Gasteiger partial charge in [-0.3, -0.25) is 9.59 Å². The fourth-order valence-electron chi connectivity index (χ4n) is 8.98. The van der Waals surface area contributed by atoms with Crippen molar-refractivity contribution in [2.24, 2.45) is 5.73 Å². The molecule has 0 aromatic carbocycles. The zero-order chi connectivity index (χ0) is 45.8. The zero-order valence-corrected chi connectivity index (χ0v) is 42.0. The molecule has 63 heavy (non-hydrogen) atoms. The molecule has 4 N–H and O–H groups in total. The van der Waals surface area contributed by atoms with Crippen LogP contribution in [0.3, 0.4) is 0 Å². The molecule has 0 saturated carbocycles. The first-order valence-corrected chi connectivity index (χ1v) is 27.8. The van der Waals surface area contributed by atoms with Gasteiger partial charge < -0.3 is 20.8 Å². The number of carboxylic acids is 2. The molecule has 0 aliphatic heterocycles. The van der Waals surface area contributed by atoms with Gasteiger partial charge >= 0.3 is 11.9 Å². The number of aliphatic carboxylic acids is 2. The van der Waals surface area contributed by atoms with Gasteiger partial charge in [0, 0.05) is 18.9 Å². The summed E-state index contributed by atoms with van der Waals surface area (Å²) in [7, 11) is 0. The summed E-state index contributed by atoms with van der Waals surface area (Å²) in [6, 6.07) is 0.650. The lowest BCUT2D eigenvalue weighted by Crippen LogP contribution is -2.38. The zero-order valence-electron chi connectivity index (χ0n) is 42.0. The Kier molecular flexibility index (Phi) is 51.1. The van der Waals surface area contributed by atoms with E-state index in [-0.39, 0.29) is 0 Å². The molecule has 0 rings (SSSR count). The lowest BCUT2D eigenvalue weighted by Gasteiger charge is -2.32. The van der Waals surface area contributed by atoms with Crippen LogP contribution < -0.4 is 5.73 Å². The van der Waals surface area contributed by atoms with Crippen LogP contribution >= 0.6 is 0 Å². The van der Waals surface area contributed by atoms with Crippen molar-refractivity contribution in [2.75, 3.05) is 19.6 Å². The molecule has 0 heterocycles. The first-order valence-electron chi connectivity index (χ1n) is 27.8. The highest BCUT2D eigenvalue weighted by Crippen LogP contribution is 2.19. The average Bonchev–Trinajstić information content (AvgIpc) is 3.27. The van der Waals surface area contributed by atoms with E-state index >= 15 is 0 Å². The summed E-state index contributed by atoms with van der Waals surface area (Å²) in [5.41, 5.74) is 6.25. The predicted molar refractivity (Wildman–Crippen MR) is 276 cm³/mol. The molecule has 6 heteroatoms. The van der Waals surface area contributed by atoms with Gasteiger partial charge in [0.15, 0.2) is 0 Å². The topological polar surface area (TPSA) is 104 Å². The molecule has 0 fully saturated rings. The Labute approximate surface area is 392 Å². The molecule has 0 spiro atoms. The second-order valence-electron chi connectivity index (χ2n) is 19.2. The molecular weight excluding hydrogens is 777 g/mol. The largest absolute Gasteiger partial charge is 0.481 e. The highest BCUT2D eigenvalue weighted by molar-refractivity contribution is 5.66. The summed E-state index contributed by atoms with van der Waals surface area (Å²) in [5.74, 6) is -1.34. The van der Waals surface area contributed by atoms with Crippen LogP contribution in [0.2, 0.25) is 0 Å². The third-order valence-electron chi connectivity index (χ3n) is 13.1. The summed E-state index contributed by atoms with van der Waals surface area (Å²) in [6.45, 7) is 5.60. The van der Waals surface area contributed by atoms with E-state index in [2.05, 4.69) is 48.3 Å². The summed E-state index contributed by atoms with van der Waals surface area (Å²) in [4.78, 5) is 24.1. The van der Waals surface area contributed by atoms with Crippen molar-refractivity contribution in [1.29, 1.82) is 0 Å². The van der Waals surface area contributed by atoms with E-state index in [1.54, 1.807) is 0 Å². The number of unbranched alkanes of at least 4 members (excludes halogenated alkanes) is 34. The number of allylic oxidation sites excluding steroid dienone is 6. The van der Waals surface area contributed by atoms with Crippen molar-refractivity contribution in [3.05, 3.63) is 36.5 Å². The molecule has 0 aromatic rings. The van der Waals surface area contributed by atoms with E-state index in [1.807, 2.05) is 0 Å². The van der Waals surface area contributed by atoms with Crippen molar-refractivity contribution in [3.63, 3.8) is 0 Å². The number of carboxylic acid groups (broad SMARTS) is 2. The summed E-state index contributed by atoms with van der Waals surface area (Å²) in [5, 5.41) is 17.5. The second kappa shape index (κ2) is 52.7. The number of nitrogens with zero attached hydrogens (tertiary/aromatic N) is 1. The third kappa shape index (κ3) is 50.9. The molecule has 0 aromatic heterocycles. The standard InChI is InChI=1S/C57H108N2O4/c1-2-3-4-5-6-7-8-9-10-16-21-26-31-36-41-46-53-59(54-47-42-37-32-27-22-17-12-15-20-25-30-35-40-45-50-57(62)63)55(51-52-58)48-43-38-33-28-23-18-13-11-14-19-24-29-34-39-44-49-56(60)61/h9-12,14-15,55H,2-8,13,16-54,58H2,1H3,(H,60,61)(H,62,63). The van der Waals surface area contributed by atoms with E-state index in [1.165, 1.54) is 238 Å². The SMILES string of the molecule is CCCCCCCCC=CCCCCCCCCN(CCCCCCCCC=CCCCCCCCC(=O)O)C(CCN)CCCCCCCCC=CCCCCCCCC(=O)O. The van der Waals surface area contributed by atoms with Crippen LogP contribution in [-0.4, -0.2) is 52.7 Å². The third-order valence-corrected chi connectivity index (χ3v) is 13.1. The Morgan fingerprint density at radius 2 is 0.651 bits per heavy atom. The van der Waals surface area contributed by atoms with E-state index < -0.39 is 11.9 Å². The maximum Gasteiger partial charge on any atom is 0.303 e. The van der Waals surface area contributed by atoms with Crippen LogP contribution in [0.1, 0.15) is 289 Å². The Morgan fingerprint density at radius 1 is 0.381 bits per heavy atom. The van der Waals surface area contributed by atoms with Gasteiger partial charge in [0.05, 0.1) is 0 Å². The van der Waals surface area contributed by atoms with Gasteiger partial charge in [0.1, 0.15) is 0 Å². The summed E-state index contributed by atoms with van der Waals surface area (Å²) < 4.78 is 0. The molecule has 0 bridgehead atoms. The quantitative estimate of drug-likeness (QED) is 0.0415. The molecule has 0 aliphatic carbocycles. The van der Waals surface area contributed by atoms with E-state index in [4.69, 9.17) is 15.9 Å². The van der Waals surface area contributed by atoms with Gasteiger partial charge in [-0.15, -0.1) is 0 Å². The van der Waals surface area contributed by atoms with Gasteiger partial charge in [0.25, 0.3) is 0 Å². The van der Waals surface area contributed by atoms with Crippen molar-refractivity contribution < 1.29 is 19.8 Å². The highest BCUT2D eigenvalue weighted by Gasteiger charge is 2.17. The minimum absolute atomic E-state index is 0.317. The molecule has 0 aliphatic rings. The Bertz CT molecular complexity index is 1030. The molecule has 6 nitrogen and oxygen atoms in total. The molecule has 1 unspecified atom stereocenters. The lowest BCUT2D eigenvalue weighted by molar-refractivity contribution is -0.138. The highest BCUT2D eigenvalue weighted by atomic mass is 16.4. The van der Waals surface area contributed by atoms with E-state index in [9.17, 15) is 9.59 Å². The van der Waals surface area contributed by atoms with Gasteiger partial charge in [-0.25, -0.2) is 0 Å². The Hall–Kier alpha value is -1.92. The minimum atomic E-state index is -0.668. The molecule has 370 valence electrons. The molecule has 0 radical (unpaired) electrons. The van der Waals surface area contributed by atoms with Gasteiger partial charge in [0.2, 0.25) is 0 Å². The van der Waals surface area contributed by atoms with Crippen LogP contribution in [0.4, 0.5) is 0 Å². The van der Waals surface area contributed by atoms with Crippen molar-refractivity contribution >= 4 is 11.9 Å². The Morgan fingerprint density at radius 3 is 0.952 bits per heavy atom. The van der Waals surface area contributed by atoms with Crippen LogP contribution in [-0.2, 0) is 9.59 Å². The number of hydrogen-bond donors (Lipinski definition) is 3. The fraction of sp³-hybridized carbons (Fsp3) is 0.860. The van der Waals surface area contributed by atoms with Gasteiger partial charge in [-0.2, -0.15) is 0 Å². The van der Waals surface area contributed by atoms with Gasteiger partial charge in [-0.1, -0.05) is 197 Å². The van der Waals surface area contributed by atoms with Crippen molar-refractivity contribution in [2.45, 2.75) is 295 Å². The first kappa shape index (κ1) is 61.1. The first-order chi connectivity index (χ1) is 31.0. The maximum atomic E-state index is 10.6. The summed E-state index contributed by atoms with van der Waals surface area (Å²) >= 11 is 0.